The lowest BCUT2D eigenvalue weighted by molar-refractivity contribution is -0.127. The van der Waals surface area contributed by atoms with Gasteiger partial charge in [-0.3, -0.25) is 19.3 Å². The highest BCUT2D eigenvalue weighted by atomic mass is 35.5. The van der Waals surface area contributed by atoms with E-state index in [2.05, 4.69) is 5.32 Å². The predicted octanol–water partition coefficient (Wildman–Crippen LogP) is 6.27. The van der Waals surface area contributed by atoms with Gasteiger partial charge in [0.25, 0.3) is 11.1 Å². The summed E-state index contributed by atoms with van der Waals surface area (Å²) in [6.07, 6.45) is 1.47. The minimum atomic E-state index is -0.644. The van der Waals surface area contributed by atoms with Crippen molar-refractivity contribution in [3.8, 4) is 11.5 Å². The maximum atomic E-state index is 13.5. The Morgan fingerprint density at radius 2 is 1.82 bits per heavy atom. The number of hydrogen-bond donors (Lipinski definition) is 1. The Labute approximate surface area is 226 Å². The van der Waals surface area contributed by atoms with Gasteiger partial charge < -0.3 is 14.8 Å². The molecule has 1 aliphatic heterocycles. The van der Waals surface area contributed by atoms with Gasteiger partial charge in [0, 0.05) is 5.69 Å². The number of carbonyl (C=O) groups excluding carboxylic acids is 3. The van der Waals surface area contributed by atoms with Crippen molar-refractivity contribution in [2.75, 3.05) is 18.5 Å². The second-order valence-corrected chi connectivity index (χ2v) is 9.40. The first-order chi connectivity index (χ1) is 18.2. The lowest BCUT2D eigenvalue weighted by atomic mass is 10.1. The van der Waals surface area contributed by atoms with Crippen LogP contribution in [-0.4, -0.2) is 35.1 Å². The number of amides is 3. The molecule has 1 heterocycles. The van der Waals surface area contributed by atoms with Crippen LogP contribution in [0.5, 0.6) is 11.5 Å². The minimum Gasteiger partial charge on any atom is -0.490 e. The topological polar surface area (TPSA) is 84.9 Å². The molecule has 0 aromatic heterocycles. The number of ether oxygens (including phenoxy) is 2. The molecule has 3 aromatic rings. The third-order valence-electron chi connectivity index (χ3n) is 5.20. The summed E-state index contributed by atoms with van der Waals surface area (Å²) in [6, 6.07) is 14.2. The average Bonchev–Trinajstić information content (AvgIpc) is 3.12. The summed E-state index contributed by atoms with van der Waals surface area (Å²) in [7, 11) is 0. The van der Waals surface area contributed by atoms with E-state index in [0.29, 0.717) is 40.9 Å². The zero-order chi connectivity index (χ0) is 27.2. The van der Waals surface area contributed by atoms with E-state index >= 15 is 0 Å². The zero-order valence-electron chi connectivity index (χ0n) is 20.0. The van der Waals surface area contributed by atoms with E-state index in [-0.39, 0.29) is 28.1 Å². The summed E-state index contributed by atoms with van der Waals surface area (Å²) in [4.78, 5) is 38.6. The standard InChI is InChI=1S/C27H21ClF2N2O5S/c1-2-36-22-12-17(11-21(28)25(22)37-15-16-4-3-5-19(30)10-16)13-23-26(34)32(27(35)38-23)14-24(33)31-20-8-6-18(29)7-9-20/h3-13H,2,14-15H2,1H3,(H,31,33)/b23-13-. The monoisotopic (exact) mass is 558 g/mol. The number of anilines is 1. The highest BCUT2D eigenvalue weighted by Crippen LogP contribution is 2.39. The highest BCUT2D eigenvalue weighted by molar-refractivity contribution is 8.18. The number of rotatable bonds is 9. The first-order valence-electron chi connectivity index (χ1n) is 11.4. The quantitative estimate of drug-likeness (QED) is 0.312. The number of halogens is 3. The van der Waals surface area contributed by atoms with Crippen molar-refractivity contribution in [2.24, 2.45) is 0 Å². The van der Waals surface area contributed by atoms with Crippen molar-refractivity contribution in [1.82, 2.24) is 4.90 Å². The van der Waals surface area contributed by atoms with Crippen LogP contribution in [0, 0.1) is 11.6 Å². The molecule has 3 aromatic carbocycles. The van der Waals surface area contributed by atoms with Gasteiger partial charge in [-0.15, -0.1) is 0 Å². The Balaban J connectivity index is 1.48. The third kappa shape index (κ3) is 6.70. The van der Waals surface area contributed by atoms with Crippen LogP contribution < -0.4 is 14.8 Å². The molecule has 0 aliphatic carbocycles. The van der Waals surface area contributed by atoms with Crippen LogP contribution in [0.3, 0.4) is 0 Å². The summed E-state index contributed by atoms with van der Waals surface area (Å²) in [5.41, 5.74) is 1.40. The Kier molecular flexibility index (Phi) is 8.65. The maximum absolute atomic E-state index is 13.5. The van der Waals surface area contributed by atoms with E-state index < -0.39 is 29.4 Å². The molecule has 1 saturated heterocycles. The van der Waals surface area contributed by atoms with Gasteiger partial charge in [-0.2, -0.15) is 0 Å². The van der Waals surface area contributed by atoms with Gasteiger partial charge in [0.15, 0.2) is 11.5 Å². The summed E-state index contributed by atoms with van der Waals surface area (Å²) >= 11 is 7.13. The Morgan fingerprint density at radius 1 is 1.05 bits per heavy atom. The fraction of sp³-hybridized carbons (Fsp3) is 0.148. The van der Waals surface area contributed by atoms with Crippen molar-refractivity contribution < 1.29 is 32.6 Å². The summed E-state index contributed by atoms with van der Waals surface area (Å²) in [5, 5.41) is 2.10. The van der Waals surface area contributed by atoms with Crippen molar-refractivity contribution in [1.29, 1.82) is 0 Å². The first kappa shape index (κ1) is 27.2. The predicted molar refractivity (Wildman–Crippen MR) is 141 cm³/mol. The Hall–Kier alpha value is -3.89. The van der Waals surface area contributed by atoms with Gasteiger partial charge in [-0.05, 0) is 84.4 Å². The molecular formula is C27H21ClF2N2O5S. The summed E-state index contributed by atoms with van der Waals surface area (Å²) in [5.74, 6) is -1.55. The number of benzene rings is 3. The van der Waals surface area contributed by atoms with Gasteiger partial charge in [0.05, 0.1) is 16.5 Å². The Bertz CT molecular complexity index is 1420. The van der Waals surface area contributed by atoms with Crippen molar-refractivity contribution in [2.45, 2.75) is 13.5 Å². The van der Waals surface area contributed by atoms with Crippen LogP contribution in [0.4, 0.5) is 19.3 Å². The average molecular weight is 559 g/mol. The largest absolute Gasteiger partial charge is 0.490 e. The number of hydrogen-bond acceptors (Lipinski definition) is 6. The van der Waals surface area contributed by atoms with Gasteiger partial charge in [0.2, 0.25) is 5.91 Å². The van der Waals surface area contributed by atoms with E-state index in [0.717, 1.165) is 4.90 Å². The zero-order valence-corrected chi connectivity index (χ0v) is 21.6. The van der Waals surface area contributed by atoms with Crippen LogP contribution >= 0.6 is 23.4 Å². The maximum Gasteiger partial charge on any atom is 0.294 e. The van der Waals surface area contributed by atoms with Crippen LogP contribution in [-0.2, 0) is 16.2 Å². The third-order valence-corrected chi connectivity index (χ3v) is 6.39. The molecule has 38 heavy (non-hydrogen) atoms. The lowest BCUT2D eigenvalue weighted by Crippen LogP contribution is -2.36. The van der Waals surface area contributed by atoms with Crippen LogP contribution in [0.15, 0.2) is 65.6 Å². The molecule has 4 rings (SSSR count). The summed E-state index contributed by atoms with van der Waals surface area (Å²) < 4.78 is 38.0. The van der Waals surface area contributed by atoms with E-state index in [1.807, 2.05) is 0 Å². The SMILES string of the molecule is CCOc1cc(/C=C2\SC(=O)N(CC(=O)Nc3ccc(F)cc3)C2=O)cc(Cl)c1OCc1cccc(F)c1. The van der Waals surface area contributed by atoms with E-state index in [9.17, 15) is 23.2 Å². The molecule has 0 unspecified atom stereocenters. The highest BCUT2D eigenvalue weighted by Gasteiger charge is 2.36. The molecule has 0 radical (unpaired) electrons. The number of imide groups is 1. The van der Waals surface area contributed by atoms with E-state index in [4.69, 9.17) is 21.1 Å². The lowest BCUT2D eigenvalue weighted by Gasteiger charge is -2.15. The van der Waals surface area contributed by atoms with E-state index in [1.165, 1.54) is 42.5 Å². The Morgan fingerprint density at radius 3 is 2.53 bits per heavy atom. The van der Waals surface area contributed by atoms with Gasteiger partial charge in [-0.1, -0.05) is 23.7 Å². The van der Waals surface area contributed by atoms with Crippen LogP contribution in [0.25, 0.3) is 6.08 Å². The fourth-order valence-electron chi connectivity index (χ4n) is 3.52. The summed E-state index contributed by atoms with van der Waals surface area (Å²) in [6.45, 7) is 1.63. The van der Waals surface area contributed by atoms with Gasteiger partial charge >= 0.3 is 0 Å². The number of nitrogens with zero attached hydrogens (tertiary/aromatic N) is 1. The molecule has 0 saturated carbocycles. The molecule has 11 heteroatoms. The first-order valence-corrected chi connectivity index (χ1v) is 12.6. The number of nitrogens with one attached hydrogen (secondary N) is 1. The molecule has 1 fully saturated rings. The fourth-order valence-corrected chi connectivity index (χ4v) is 4.63. The minimum absolute atomic E-state index is 0.0514. The molecule has 3 amide bonds. The van der Waals surface area contributed by atoms with Crippen molar-refractivity contribution in [3.63, 3.8) is 0 Å². The second kappa shape index (κ2) is 12.1. The van der Waals surface area contributed by atoms with Gasteiger partial charge in [0.1, 0.15) is 24.8 Å². The molecule has 1 aliphatic rings. The molecule has 1 N–H and O–H groups in total. The normalized spacial score (nSPS) is 14.2. The van der Waals surface area contributed by atoms with Crippen LogP contribution in [0.2, 0.25) is 5.02 Å². The van der Waals surface area contributed by atoms with Gasteiger partial charge in [-0.25, -0.2) is 8.78 Å². The molecule has 0 spiro atoms. The molecule has 0 bridgehead atoms. The van der Waals surface area contributed by atoms with Crippen molar-refractivity contribution in [3.05, 3.63) is 93.4 Å². The number of carbonyl (C=O) groups is 3. The molecule has 0 atom stereocenters. The smallest absolute Gasteiger partial charge is 0.294 e. The number of thioether (sulfide) groups is 1. The second-order valence-electron chi connectivity index (χ2n) is 8.00. The molecule has 196 valence electrons. The molecular weight excluding hydrogens is 538 g/mol. The van der Waals surface area contributed by atoms with E-state index in [1.54, 1.807) is 31.2 Å². The van der Waals surface area contributed by atoms with Crippen molar-refractivity contribution >= 4 is 52.2 Å². The van der Waals surface area contributed by atoms with Crippen LogP contribution in [0.1, 0.15) is 18.1 Å². The molecule has 7 nitrogen and oxygen atoms in total.